The smallest absolute Gasteiger partial charge is 0.261 e. The fourth-order valence-electron chi connectivity index (χ4n) is 1.70. The van der Waals surface area contributed by atoms with Crippen LogP contribution < -0.4 is 10.6 Å². The molecule has 0 unspecified atom stereocenters. The highest BCUT2D eigenvalue weighted by Crippen LogP contribution is 2.11. The average molecular weight is 338 g/mol. The summed E-state index contributed by atoms with van der Waals surface area (Å²) in [5, 5.41) is 7.41. The van der Waals surface area contributed by atoms with Gasteiger partial charge in [0.25, 0.3) is 5.91 Å². The zero-order valence-corrected chi connectivity index (χ0v) is 13.7. The normalized spacial score (nSPS) is 10.4. The lowest BCUT2D eigenvalue weighted by molar-refractivity contribution is -0.120. The third-order valence-corrected chi connectivity index (χ3v) is 4.63. The minimum Gasteiger partial charge on any atom is -0.468 e. The zero-order chi connectivity index (χ0) is 15.6. The van der Waals surface area contributed by atoms with E-state index in [1.54, 1.807) is 24.1 Å². The first-order valence-electron chi connectivity index (χ1n) is 6.94. The van der Waals surface area contributed by atoms with Crippen LogP contribution in [0.3, 0.4) is 0 Å². The van der Waals surface area contributed by atoms with Crippen molar-refractivity contribution in [3.05, 3.63) is 46.5 Å². The first-order chi connectivity index (χ1) is 10.8. The Morgan fingerprint density at radius 1 is 1.18 bits per heavy atom. The van der Waals surface area contributed by atoms with Crippen molar-refractivity contribution in [2.75, 3.05) is 18.8 Å². The Labute approximate surface area is 137 Å². The van der Waals surface area contributed by atoms with Crippen molar-refractivity contribution in [2.45, 2.75) is 12.2 Å². The molecule has 0 bridgehead atoms. The Morgan fingerprint density at radius 2 is 2.09 bits per heavy atom. The SMILES string of the molecule is O=C(CCNC(=O)c1cccs1)NCCSCc1ccco1. The van der Waals surface area contributed by atoms with Crippen molar-refractivity contribution in [3.63, 3.8) is 0 Å². The van der Waals surface area contributed by atoms with Crippen LogP contribution in [-0.4, -0.2) is 30.7 Å². The minimum absolute atomic E-state index is 0.0509. The number of furan rings is 1. The topological polar surface area (TPSA) is 71.3 Å². The van der Waals surface area contributed by atoms with Crippen LogP contribution in [0.5, 0.6) is 0 Å². The van der Waals surface area contributed by atoms with E-state index in [4.69, 9.17) is 4.42 Å². The summed E-state index contributed by atoms with van der Waals surface area (Å²) in [6.45, 7) is 0.963. The van der Waals surface area contributed by atoms with Crippen LogP contribution in [-0.2, 0) is 10.5 Å². The Balaban J connectivity index is 1.48. The van der Waals surface area contributed by atoms with E-state index >= 15 is 0 Å². The molecule has 2 N–H and O–H groups in total. The van der Waals surface area contributed by atoms with Gasteiger partial charge in [-0.3, -0.25) is 9.59 Å². The van der Waals surface area contributed by atoms with Gasteiger partial charge in [-0.15, -0.1) is 11.3 Å². The van der Waals surface area contributed by atoms with Crippen molar-refractivity contribution in [1.82, 2.24) is 10.6 Å². The molecular weight excluding hydrogens is 320 g/mol. The number of thioether (sulfide) groups is 1. The predicted molar refractivity (Wildman–Crippen MR) is 89.1 cm³/mol. The summed E-state index contributed by atoms with van der Waals surface area (Å²) in [6.07, 6.45) is 1.95. The summed E-state index contributed by atoms with van der Waals surface area (Å²) >= 11 is 3.09. The number of carbonyl (C=O) groups is 2. The van der Waals surface area contributed by atoms with Crippen LogP contribution in [0.1, 0.15) is 21.9 Å². The molecule has 2 rings (SSSR count). The lowest BCUT2D eigenvalue weighted by Gasteiger charge is -2.06. The molecule has 2 amide bonds. The van der Waals surface area contributed by atoms with Crippen molar-refractivity contribution in [1.29, 1.82) is 0 Å². The van der Waals surface area contributed by atoms with Crippen LogP contribution in [0.25, 0.3) is 0 Å². The van der Waals surface area contributed by atoms with Gasteiger partial charge in [0.15, 0.2) is 0 Å². The maximum atomic E-state index is 11.7. The van der Waals surface area contributed by atoms with E-state index in [-0.39, 0.29) is 11.8 Å². The molecule has 0 aliphatic rings. The molecule has 0 aliphatic carbocycles. The third kappa shape index (κ3) is 5.95. The highest BCUT2D eigenvalue weighted by Gasteiger charge is 2.07. The molecule has 0 fully saturated rings. The zero-order valence-electron chi connectivity index (χ0n) is 12.0. The number of amides is 2. The van der Waals surface area contributed by atoms with E-state index in [2.05, 4.69) is 10.6 Å². The fourth-order valence-corrected chi connectivity index (χ4v) is 3.10. The molecular formula is C15H18N2O3S2. The quantitative estimate of drug-likeness (QED) is 0.689. The van der Waals surface area contributed by atoms with Gasteiger partial charge in [-0.25, -0.2) is 0 Å². The maximum absolute atomic E-state index is 11.7. The van der Waals surface area contributed by atoms with E-state index in [0.717, 1.165) is 17.3 Å². The summed E-state index contributed by atoms with van der Waals surface area (Å²) in [7, 11) is 0. The molecule has 22 heavy (non-hydrogen) atoms. The van der Waals surface area contributed by atoms with Crippen LogP contribution in [0.4, 0.5) is 0 Å². The molecule has 0 spiro atoms. The number of thiophene rings is 1. The average Bonchev–Trinajstić information content (AvgIpc) is 3.20. The Bertz CT molecular complexity index is 568. The van der Waals surface area contributed by atoms with Crippen LogP contribution in [0.2, 0.25) is 0 Å². The fraction of sp³-hybridized carbons (Fsp3) is 0.333. The second-order valence-corrected chi connectivity index (χ2v) is 6.52. The van der Waals surface area contributed by atoms with Crippen molar-refractivity contribution in [2.24, 2.45) is 0 Å². The lowest BCUT2D eigenvalue weighted by Crippen LogP contribution is -2.31. The van der Waals surface area contributed by atoms with Gasteiger partial charge in [-0.1, -0.05) is 6.07 Å². The molecule has 0 aromatic carbocycles. The van der Waals surface area contributed by atoms with Crippen molar-refractivity contribution < 1.29 is 14.0 Å². The summed E-state index contributed by atoms with van der Waals surface area (Å²) in [5.41, 5.74) is 0. The maximum Gasteiger partial charge on any atom is 0.261 e. The molecule has 0 atom stereocenters. The van der Waals surface area contributed by atoms with Crippen molar-refractivity contribution >= 4 is 34.9 Å². The summed E-state index contributed by atoms with van der Waals surface area (Å²) < 4.78 is 5.22. The number of hydrogen-bond donors (Lipinski definition) is 2. The number of hydrogen-bond acceptors (Lipinski definition) is 5. The number of carbonyl (C=O) groups excluding carboxylic acids is 2. The summed E-state index contributed by atoms with van der Waals surface area (Å²) in [6, 6.07) is 7.38. The Hall–Kier alpha value is -1.73. The molecule has 0 radical (unpaired) electrons. The van der Waals surface area contributed by atoms with E-state index in [0.29, 0.717) is 24.4 Å². The van der Waals surface area contributed by atoms with Crippen LogP contribution >= 0.6 is 23.1 Å². The standard InChI is InChI=1S/C15H18N2O3S2/c18-14(5-6-17-15(19)13-4-2-9-22-13)16-7-10-21-11-12-3-1-8-20-12/h1-4,8-9H,5-7,10-11H2,(H,16,18)(H,17,19). The van der Waals surface area contributed by atoms with Crippen molar-refractivity contribution in [3.8, 4) is 0 Å². The first kappa shape index (κ1) is 16.6. The van der Waals surface area contributed by atoms with Gasteiger partial charge >= 0.3 is 0 Å². The molecule has 7 heteroatoms. The highest BCUT2D eigenvalue weighted by atomic mass is 32.2. The molecule has 0 saturated heterocycles. The molecule has 0 saturated carbocycles. The molecule has 2 aromatic heterocycles. The Kier molecular flexibility index (Phi) is 7.05. The van der Waals surface area contributed by atoms with Gasteiger partial charge in [0.1, 0.15) is 5.76 Å². The van der Waals surface area contributed by atoms with E-state index in [9.17, 15) is 9.59 Å². The summed E-state index contributed by atoms with van der Waals surface area (Å²) in [4.78, 5) is 23.9. The number of nitrogens with one attached hydrogen (secondary N) is 2. The lowest BCUT2D eigenvalue weighted by atomic mass is 10.3. The van der Waals surface area contributed by atoms with Crippen LogP contribution in [0.15, 0.2) is 40.3 Å². The third-order valence-electron chi connectivity index (χ3n) is 2.78. The second-order valence-electron chi connectivity index (χ2n) is 4.47. The molecule has 2 heterocycles. The first-order valence-corrected chi connectivity index (χ1v) is 8.97. The predicted octanol–water partition coefficient (Wildman–Crippen LogP) is 2.51. The van der Waals surface area contributed by atoms with Gasteiger partial charge in [0, 0.05) is 25.3 Å². The van der Waals surface area contributed by atoms with E-state index in [1.165, 1.54) is 11.3 Å². The van der Waals surface area contributed by atoms with E-state index in [1.807, 2.05) is 23.6 Å². The molecule has 118 valence electrons. The van der Waals surface area contributed by atoms with Crippen LogP contribution in [0, 0.1) is 0 Å². The minimum atomic E-state index is -0.128. The van der Waals surface area contributed by atoms with Gasteiger partial charge in [-0.05, 0) is 23.6 Å². The largest absolute Gasteiger partial charge is 0.468 e. The highest BCUT2D eigenvalue weighted by molar-refractivity contribution is 7.98. The van der Waals surface area contributed by atoms with Gasteiger partial charge < -0.3 is 15.1 Å². The number of rotatable bonds is 9. The van der Waals surface area contributed by atoms with Gasteiger partial charge in [0.2, 0.25) is 5.91 Å². The van der Waals surface area contributed by atoms with E-state index < -0.39 is 0 Å². The molecule has 2 aromatic rings. The second kappa shape index (κ2) is 9.32. The summed E-state index contributed by atoms with van der Waals surface area (Å²) in [5.74, 6) is 2.39. The monoisotopic (exact) mass is 338 g/mol. The van der Waals surface area contributed by atoms with Gasteiger partial charge in [0.05, 0.1) is 16.9 Å². The van der Waals surface area contributed by atoms with Gasteiger partial charge in [-0.2, -0.15) is 11.8 Å². The molecule has 0 aliphatic heterocycles. The Morgan fingerprint density at radius 3 is 2.82 bits per heavy atom. The molecule has 5 nitrogen and oxygen atoms in total.